The molecule has 0 N–H and O–H groups in total. The first kappa shape index (κ1) is 20.3. The van der Waals surface area contributed by atoms with Crippen molar-refractivity contribution in [2.45, 2.75) is 18.1 Å². The van der Waals surface area contributed by atoms with Crippen LogP contribution in [0.3, 0.4) is 0 Å². The maximum absolute atomic E-state index is 13.5. The van der Waals surface area contributed by atoms with Crippen LogP contribution < -0.4 is 9.64 Å². The van der Waals surface area contributed by atoms with Crippen molar-refractivity contribution in [3.8, 4) is 11.4 Å². The fourth-order valence-electron chi connectivity index (χ4n) is 3.73. The molecule has 0 spiro atoms. The van der Waals surface area contributed by atoms with Crippen LogP contribution in [0.4, 0.5) is 5.69 Å². The maximum Gasteiger partial charge on any atom is 0.238 e. The monoisotopic (exact) mass is 443 g/mol. The summed E-state index contributed by atoms with van der Waals surface area (Å²) in [6, 6.07) is 25.3. The summed E-state index contributed by atoms with van der Waals surface area (Å²) in [4.78, 5) is 15.3. The molecule has 0 saturated carbocycles. The number of aryl methyl sites for hydroxylation is 1. The van der Waals surface area contributed by atoms with E-state index >= 15 is 0 Å². The van der Waals surface area contributed by atoms with Gasteiger partial charge >= 0.3 is 0 Å². The summed E-state index contributed by atoms with van der Waals surface area (Å²) in [7, 11) is 0. The maximum atomic E-state index is 13.5. The highest BCUT2D eigenvalue weighted by atomic mass is 32.2. The van der Waals surface area contributed by atoms with Gasteiger partial charge in [0.25, 0.3) is 0 Å². The van der Waals surface area contributed by atoms with Crippen LogP contribution in [0, 0.1) is 6.92 Å². The van der Waals surface area contributed by atoms with Gasteiger partial charge < -0.3 is 4.74 Å². The molecule has 8 heteroatoms. The van der Waals surface area contributed by atoms with Gasteiger partial charge in [0, 0.05) is 0 Å². The summed E-state index contributed by atoms with van der Waals surface area (Å²) in [6.45, 7) is 2.43. The number of carbonyl (C=O) groups excluding carboxylic acids is 1. The number of fused-ring (bicyclic) bond motifs is 1. The van der Waals surface area contributed by atoms with Crippen LogP contribution >= 0.6 is 11.8 Å². The topological polar surface area (TPSA) is 73.1 Å². The molecule has 160 valence electrons. The number of aromatic nitrogens is 4. The Balaban J connectivity index is 1.40. The molecule has 4 aromatic rings. The zero-order chi connectivity index (χ0) is 21.9. The Bertz CT molecular complexity index is 1230. The number of ether oxygens (including phenoxy) is 1. The van der Waals surface area contributed by atoms with E-state index in [1.807, 2.05) is 90.7 Å². The lowest BCUT2D eigenvalue weighted by Gasteiger charge is -2.37. The highest BCUT2D eigenvalue weighted by molar-refractivity contribution is 7.99. The molecule has 0 radical (unpaired) electrons. The summed E-state index contributed by atoms with van der Waals surface area (Å²) in [5, 5.41) is 12.6. The average molecular weight is 444 g/mol. The predicted molar refractivity (Wildman–Crippen MR) is 123 cm³/mol. The number of carbonyl (C=O) groups is 1. The molecule has 5 rings (SSSR count). The Kier molecular flexibility index (Phi) is 5.60. The Morgan fingerprint density at radius 1 is 1.03 bits per heavy atom. The summed E-state index contributed by atoms with van der Waals surface area (Å²) >= 11 is 1.32. The fourth-order valence-corrected chi connectivity index (χ4v) is 4.48. The number of nitrogens with zero attached hydrogens (tertiary/aromatic N) is 5. The summed E-state index contributed by atoms with van der Waals surface area (Å²) in [5.74, 6) is 0.879. The Morgan fingerprint density at radius 2 is 1.78 bits per heavy atom. The van der Waals surface area contributed by atoms with Crippen LogP contribution in [0.1, 0.15) is 17.2 Å². The van der Waals surface area contributed by atoms with Crippen LogP contribution in [0.2, 0.25) is 0 Å². The number of tetrazole rings is 1. The lowest BCUT2D eigenvalue weighted by molar-refractivity contribution is -0.117. The summed E-state index contributed by atoms with van der Waals surface area (Å²) in [5.41, 5.74) is 3.82. The van der Waals surface area contributed by atoms with E-state index in [9.17, 15) is 4.79 Å². The first-order valence-electron chi connectivity index (χ1n) is 10.3. The van der Waals surface area contributed by atoms with Gasteiger partial charge in [-0.2, -0.15) is 4.68 Å². The molecule has 1 atom stereocenters. The number of anilines is 1. The first-order chi connectivity index (χ1) is 15.7. The largest absolute Gasteiger partial charge is 0.489 e. The number of rotatable bonds is 5. The van der Waals surface area contributed by atoms with Gasteiger partial charge in [-0.25, -0.2) is 0 Å². The molecule has 1 aromatic heterocycles. The molecule has 0 saturated heterocycles. The second kappa shape index (κ2) is 8.84. The van der Waals surface area contributed by atoms with E-state index in [4.69, 9.17) is 4.74 Å². The minimum Gasteiger partial charge on any atom is -0.489 e. The van der Waals surface area contributed by atoms with E-state index in [0.29, 0.717) is 17.5 Å². The highest BCUT2D eigenvalue weighted by Gasteiger charge is 2.33. The lowest BCUT2D eigenvalue weighted by atomic mass is 10.0. The predicted octanol–water partition coefficient (Wildman–Crippen LogP) is 4.23. The fraction of sp³-hybridized carbons (Fsp3) is 0.167. The molecule has 1 amide bonds. The zero-order valence-corrected chi connectivity index (χ0v) is 18.3. The van der Waals surface area contributed by atoms with Crippen molar-refractivity contribution >= 4 is 23.4 Å². The number of hydrogen-bond donors (Lipinski definition) is 0. The third-order valence-electron chi connectivity index (χ3n) is 5.33. The summed E-state index contributed by atoms with van der Waals surface area (Å²) in [6.07, 6.45) is 0. The van der Waals surface area contributed by atoms with Gasteiger partial charge in [-0.3, -0.25) is 9.69 Å². The molecular weight excluding hydrogens is 422 g/mol. The molecule has 0 bridgehead atoms. The molecule has 2 heterocycles. The van der Waals surface area contributed by atoms with Crippen molar-refractivity contribution in [1.29, 1.82) is 0 Å². The van der Waals surface area contributed by atoms with Gasteiger partial charge in [-0.15, -0.1) is 5.10 Å². The SMILES string of the molecule is Cc1ccc(-n2nnnc2SCC(=O)N2c3ccccc3OC[C@H]2c2ccccc2)cc1. The van der Waals surface area contributed by atoms with E-state index < -0.39 is 0 Å². The standard InChI is InChI=1S/C24H21N5O2S/c1-17-11-13-19(14-12-17)29-24(25-26-27-29)32-16-23(30)28-20-9-5-6-10-22(20)31-15-21(28)18-7-3-2-4-8-18/h2-14,21H,15-16H2,1H3/t21-/m0/s1. The lowest BCUT2D eigenvalue weighted by Crippen LogP contribution is -2.42. The van der Waals surface area contributed by atoms with E-state index in [0.717, 1.165) is 22.5 Å². The van der Waals surface area contributed by atoms with Gasteiger partial charge in [-0.1, -0.05) is 71.9 Å². The van der Waals surface area contributed by atoms with Crippen LogP contribution in [0.15, 0.2) is 84.0 Å². The Hall–Kier alpha value is -3.65. The molecule has 0 aliphatic carbocycles. The van der Waals surface area contributed by atoms with Gasteiger partial charge in [0.2, 0.25) is 11.1 Å². The van der Waals surface area contributed by atoms with E-state index in [1.165, 1.54) is 11.8 Å². The van der Waals surface area contributed by atoms with Crippen molar-refractivity contribution in [2.24, 2.45) is 0 Å². The van der Waals surface area contributed by atoms with Crippen LogP contribution in [-0.4, -0.2) is 38.5 Å². The number of amides is 1. The molecule has 1 aliphatic rings. The molecular formula is C24H21N5O2S. The van der Waals surface area contributed by atoms with Crippen LogP contribution in [-0.2, 0) is 4.79 Å². The molecule has 0 fully saturated rings. The molecule has 1 aliphatic heterocycles. The number of para-hydroxylation sites is 2. The molecule has 7 nitrogen and oxygen atoms in total. The van der Waals surface area contributed by atoms with E-state index in [-0.39, 0.29) is 17.7 Å². The highest BCUT2D eigenvalue weighted by Crippen LogP contribution is 2.39. The van der Waals surface area contributed by atoms with Gasteiger partial charge in [0.15, 0.2) is 0 Å². The van der Waals surface area contributed by atoms with E-state index in [2.05, 4.69) is 15.5 Å². The van der Waals surface area contributed by atoms with Gasteiger partial charge in [0.05, 0.1) is 23.2 Å². The van der Waals surface area contributed by atoms with Gasteiger partial charge in [0.1, 0.15) is 12.4 Å². The van der Waals surface area contributed by atoms with E-state index in [1.54, 1.807) is 4.68 Å². The second-order valence-electron chi connectivity index (χ2n) is 7.47. The third kappa shape index (κ3) is 3.97. The number of hydrogen-bond acceptors (Lipinski definition) is 6. The smallest absolute Gasteiger partial charge is 0.238 e. The molecule has 0 unspecified atom stereocenters. The van der Waals surface area contributed by atoms with Crippen molar-refractivity contribution in [3.63, 3.8) is 0 Å². The third-order valence-corrected chi connectivity index (χ3v) is 6.23. The van der Waals surface area contributed by atoms with Crippen molar-refractivity contribution < 1.29 is 9.53 Å². The van der Waals surface area contributed by atoms with Crippen molar-refractivity contribution in [1.82, 2.24) is 20.2 Å². The minimum absolute atomic E-state index is 0.0296. The molecule has 3 aromatic carbocycles. The molecule has 32 heavy (non-hydrogen) atoms. The summed E-state index contributed by atoms with van der Waals surface area (Å²) < 4.78 is 7.62. The van der Waals surface area contributed by atoms with Crippen LogP contribution in [0.5, 0.6) is 5.75 Å². The Morgan fingerprint density at radius 3 is 2.59 bits per heavy atom. The quantitative estimate of drug-likeness (QED) is 0.430. The van der Waals surface area contributed by atoms with Crippen molar-refractivity contribution in [3.05, 3.63) is 90.0 Å². The average Bonchev–Trinajstić information content (AvgIpc) is 3.31. The minimum atomic E-state index is -0.202. The normalized spacial score (nSPS) is 15.2. The number of benzene rings is 3. The second-order valence-corrected chi connectivity index (χ2v) is 8.41. The van der Waals surface area contributed by atoms with Gasteiger partial charge in [-0.05, 0) is 47.2 Å². The van der Waals surface area contributed by atoms with Crippen molar-refractivity contribution in [2.75, 3.05) is 17.3 Å². The zero-order valence-electron chi connectivity index (χ0n) is 17.5. The number of thioether (sulfide) groups is 1. The first-order valence-corrected chi connectivity index (χ1v) is 11.3. The van der Waals surface area contributed by atoms with Crippen LogP contribution in [0.25, 0.3) is 5.69 Å². The Labute approximate surface area is 190 Å².